The van der Waals surface area contributed by atoms with Crippen LogP contribution in [-0.2, 0) is 23.8 Å². The molecule has 1 saturated carbocycles. The maximum absolute atomic E-state index is 12.6. The molecule has 0 aromatic carbocycles. The maximum Gasteiger partial charge on any atom is 0.331 e. The number of fused-ring (bicyclic) bond motifs is 2. The van der Waals surface area contributed by atoms with Gasteiger partial charge in [-0.2, -0.15) is 0 Å². The highest BCUT2D eigenvalue weighted by Crippen LogP contribution is 2.71. The van der Waals surface area contributed by atoms with Crippen LogP contribution in [0.5, 0.6) is 0 Å². The van der Waals surface area contributed by atoms with Crippen molar-refractivity contribution in [3.05, 3.63) is 23.8 Å². The lowest BCUT2D eigenvalue weighted by Gasteiger charge is -2.52. The average molecular weight is 330 g/mol. The Bertz CT molecular complexity index is 736. The van der Waals surface area contributed by atoms with Gasteiger partial charge >= 0.3 is 11.9 Å². The first-order valence-corrected chi connectivity index (χ1v) is 8.75. The van der Waals surface area contributed by atoms with Crippen molar-refractivity contribution in [1.82, 2.24) is 0 Å². The molecule has 3 aliphatic heterocycles. The summed E-state index contributed by atoms with van der Waals surface area (Å²) in [4.78, 5) is 24.9. The van der Waals surface area contributed by atoms with Crippen LogP contribution >= 0.6 is 0 Å². The monoisotopic (exact) mass is 330 g/mol. The average Bonchev–Trinajstić information content (AvgIpc) is 3.16. The van der Waals surface area contributed by atoms with E-state index in [1.54, 1.807) is 6.08 Å². The second-order valence-corrected chi connectivity index (χ2v) is 8.65. The molecule has 5 heteroatoms. The predicted molar refractivity (Wildman–Crippen MR) is 83.7 cm³/mol. The van der Waals surface area contributed by atoms with E-state index in [1.165, 1.54) is 0 Å². The minimum Gasteiger partial charge on any atom is -0.458 e. The molecule has 7 atom stereocenters. The van der Waals surface area contributed by atoms with Crippen LogP contribution in [0.25, 0.3) is 0 Å². The molecular formula is C19H22O5. The van der Waals surface area contributed by atoms with Crippen LogP contribution in [0.4, 0.5) is 0 Å². The number of carbonyl (C=O) groups is 2. The largest absolute Gasteiger partial charge is 0.458 e. The van der Waals surface area contributed by atoms with E-state index in [-0.39, 0.29) is 47.5 Å². The van der Waals surface area contributed by atoms with E-state index in [0.29, 0.717) is 0 Å². The summed E-state index contributed by atoms with van der Waals surface area (Å²) in [6.07, 6.45) is 5.64. The Hall–Kier alpha value is -1.62. The Morgan fingerprint density at radius 1 is 1.21 bits per heavy atom. The van der Waals surface area contributed by atoms with Gasteiger partial charge in [-0.15, -0.1) is 0 Å². The van der Waals surface area contributed by atoms with Crippen LogP contribution in [0, 0.1) is 22.7 Å². The molecule has 128 valence electrons. The second kappa shape index (κ2) is 3.96. The number of cyclic esters (lactones) is 1. The Morgan fingerprint density at radius 2 is 1.96 bits per heavy atom. The number of ether oxygens (including phenoxy) is 3. The molecule has 24 heavy (non-hydrogen) atoms. The zero-order valence-corrected chi connectivity index (χ0v) is 14.4. The first-order valence-electron chi connectivity index (χ1n) is 8.75. The summed E-state index contributed by atoms with van der Waals surface area (Å²) in [5.74, 6) is -0.360. The van der Waals surface area contributed by atoms with Crippen molar-refractivity contribution in [3.8, 4) is 0 Å². The van der Waals surface area contributed by atoms with Gasteiger partial charge in [0.1, 0.15) is 18.3 Å². The van der Waals surface area contributed by atoms with Crippen LogP contribution in [0.1, 0.15) is 34.1 Å². The molecule has 0 N–H and O–H groups in total. The summed E-state index contributed by atoms with van der Waals surface area (Å²) in [7, 11) is 0. The Labute approximate surface area is 141 Å². The molecular weight excluding hydrogens is 308 g/mol. The highest BCUT2D eigenvalue weighted by atomic mass is 16.7. The van der Waals surface area contributed by atoms with Crippen molar-refractivity contribution in [3.63, 3.8) is 0 Å². The number of esters is 2. The van der Waals surface area contributed by atoms with Crippen LogP contribution in [-0.4, -0.2) is 35.9 Å². The molecule has 0 aromatic rings. The standard InChI is InChI=1S/C19H22O5/c1-9(2)14-19-10(8-11(20)22-14)17(3)6-5-7-18(4)13(17)12(15(19)24-19)23-16(18)21/h5,7-9,12-15H,6H2,1-4H3/t12-,13+,14+,15+,17+,18-,19+/m0/s1. The van der Waals surface area contributed by atoms with Gasteiger partial charge in [0.2, 0.25) is 0 Å². The molecule has 5 nitrogen and oxygen atoms in total. The quantitative estimate of drug-likeness (QED) is 0.419. The van der Waals surface area contributed by atoms with E-state index in [2.05, 4.69) is 13.0 Å². The number of rotatable bonds is 1. The minimum atomic E-state index is -0.648. The molecule has 0 radical (unpaired) electrons. The van der Waals surface area contributed by atoms with E-state index >= 15 is 0 Å². The van der Waals surface area contributed by atoms with Gasteiger partial charge in [0.05, 0.1) is 5.41 Å². The fourth-order valence-electron chi connectivity index (χ4n) is 5.98. The Balaban J connectivity index is 1.74. The van der Waals surface area contributed by atoms with Crippen molar-refractivity contribution in [1.29, 1.82) is 0 Å². The molecule has 0 unspecified atom stereocenters. The van der Waals surface area contributed by atoms with Gasteiger partial charge in [0, 0.05) is 17.4 Å². The Kier molecular flexibility index (Phi) is 2.42. The van der Waals surface area contributed by atoms with Gasteiger partial charge in [0.15, 0.2) is 5.60 Å². The number of hydrogen-bond acceptors (Lipinski definition) is 5. The summed E-state index contributed by atoms with van der Waals surface area (Å²) in [6, 6.07) is 0. The predicted octanol–water partition coefficient (Wildman–Crippen LogP) is 2.16. The van der Waals surface area contributed by atoms with Crippen LogP contribution in [0.15, 0.2) is 23.8 Å². The van der Waals surface area contributed by atoms with E-state index in [9.17, 15) is 9.59 Å². The number of epoxide rings is 1. The first kappa shape index (κ1) is 14.7. The van der Waals surface area contributed by atoms with Gasteiger partial charge in [-0.1, -0.05) is 32.9 Å². The lowest BCUT2D eigenvalue weighted by molar-refractivity contribution is -0.153. The first-order chi connectivity index (χ1) is 11.2. The molecule has 2 aliphatic carbocycles. The molecule has 0 amide bonds. The van der Waals surface area contributed by atoms with Crippen molar-refractivity contribution >= 4 is 11.9 Å². The topological polar surface area (TPSA) is 65.1 Å². The zero-order chi connectivity index (χ0) is 17.1. The Morgan fingerprint density at radius 3 is 2.67 bits per heavy atom. The van der Waals surface area contributed by atoms with Crippen molar-refractivity contribution < 1.29 is 23.8 Å². The van der Waals surface area contributed by atoms with Crippen molar-refractivity contribution in [2.75, 3.05) is 0 Å². The number of allylic oxidation sites excluding steroid dienone is 1. The molecule has 3 fully saturated rings. The number of carbonyl (C=O) groups excluding carboxylic acids is 2. The molecule has 2 saturated heterocycles. The summed E-state index contributed by atoms with van der Waals surface area (Å²) < 4.78 is 17.7. The highest BCUT2D eigenvalue weighted by Gasteiger charge is 2.82. The molecule has 5 rings (SSSR count). The molecule has 0 aromatic heterocycles. The fourth-order valence-corrected chi connectivity index (χ4v) is 5.98. The molecule has 5 aliphatic rings. The summed E-state index contributed by atoms with van der Waals surface area (Å²) >= 11 is 0. The summed E-state index contributed by atoms with van der Waals surface area (Å²) in [5.41, 5.74) is -0.593. The van der Waals surface area contributed by atoms with Crippen molar-refractivity contribution in [2.45, 2.75) is 58.0 Å². The molecule has 3 heterocycles. The fraction of sp³-hybridized carbons (Fsp3) is 0.684. The van der Waals surface area contributed by atoms with E-state index in [1.807, 2.05) is 26.8 Å². The van der Waals surface area contributed by atoms with Gasteiger partial charge in [-0.25, -0.2) is 4.79 Å². The number of hydrogen-bond donors (Lipinski definition) is 0. The van der Waals surface area contributed by atoms with Crippen LogP contribution in [0.3, 0.4) is 0 Å². The van der Waals surface area contributed by atoms with E-state index < -0.39 is 11.0 Å². The van der Waals surface area contributed by atoms with Crippen LogP contribution < -0.4 is 0 Å². The molecule has 1 spiro atoms. The van der Waals surface area contributed by atoms with E-state index in [4.69, 9.17) is 14.2 Å². The van der Waals surface area contributed by atoms with Gasteiger partial charge in [-0.05, 0) is 24.8 Å². The third-order valence-electron chi connectivity index (χ3n) is 6.91. The second-order valence-electron chi connectivity index (χ2n) is 8.65. The maximum atomic E-state index is 12.6. The van der Waals surface area contributed by atoms with Crippen LogP contribution in [0.2, 0.25) is 0 Å². The molecule has 0 bridgehead atoms. The highest BCUT2D eigenvalue weighted by molar-refractivity contribution is 5.87. The summed E-state index contributed by atoms with van der Waals surface area (Å²) in [5, 5.41) is 0. The third-order valence-corrected chi connectivity index (χ3v) is 6.91. The van der Waals surface area contributed by atoms with Crippen molar-refractivity contribution in [2.24, 2.45) is 22.7 Å². The normalized spacial score (nSPS) is 53.6. The van der Waals surface area contributed by atoms with Gasteiger partial charge in [-0.3, -0.25) is 4.79 Å². The summed E-state index contributed by atoms with van der Waals surface area (Å²) in [6.45, 7) is 8.17. The van der Waals surface area contributed by atoms with Gasteiger partial charge in [0.25, 0.3) is 0 Å². The minimum absolute atomic E-state index is 0.00640. The SMILES string of the molecule is CC(C)[C@H]1OC(=O)C=C2[C@@]13O[C@@H]3[C@H]1OC(=O)[C@@]3(C)C=CC[C@@]2(C)[C@@H]13. The van der Waals surface area contributed by atoms with E-state index in [0.717, 1.165) is 12.0 Å². The zero-order valence-electron chi connectivity index (χ0n) is 14.4. The van der Waals surface area contributed by atoms with Gasteiger partial charge < -0.3 is 14.2 Å². The lowest BCUT2D eigenvalue weighted by Crippen LogP contribution is -2.59. The third kappa shape index (κ3) is 1.35. The smallest absolute Gasteiger partial charge is 0.331 e. The lowest BCUT2D eigenvalue weighted by atomic mass is 9.49.